The van der Waals surface area contributed by atoms with Crippen molar-refractivity contribution in [2.45, 2.75) is 26.2 Å². The quantitative estimate of drug-likeness (QED) is 0.162. The first-order chi connectivity index (χ1) is 29.4. The van der Waals surface area contributed by atoms with Crippen LogP contribution < -0.4 is 15.7 Å². The molecule has 0 radical (unpaired) electrons. The molecule has 14 rings (SSSR count). The Labute approximate surface area is 354 Å². The molecular weight excluding hydrogens is 768 g/mol. The van der Waals surface area contributed by atoms with Crippen LogP contribution in [0.2, 0.25) is 0 Å². The zero-order chi connectivity index (χ0) is 39.6. The molecule has 0 bridgehead atoms. The number of fused-ring (bicyclic) bond motifs is 15. The smallest absolute Gasteiger partial charge is 0.333 e. The summed E-state index contributed by atoms with van der Waals surface area (Å²) in [5.74, 6) is 0. The van der Waals surface area contributed by atoms with Crippen LogP contribution in [0, 0.1) is 0 Å². The first-order valence-corrected chi connectivity index (χ1v) is 22.4. The lowest BCUT2D eigenvalue weighted by atomic mass is 9.44. The maximum absolute atomic E-state index is 6.56. The average Bonchev–Trinajstić information content (AvgIpc) is 4.04. The van der Waals surface area contributed by atoms with Gasteiger partial charge in [0.05, 0.1) is 17.3 Å². The Morgan fingerprint density at radius 1 is 0.517 bits per heavy atom. The SMILES string of the molecule is CC(C)(C)c1ccc(N2B3c4cc5occ(-c6ccccc6)c5cc4-n4c5cc6sc7ccccc7c6cc5c5ccc(c3c54)-c3cc4c(cc32)sc2ccccc24)cc1. The van der Waals surface area contributed by atoms with Gasteiger partial charge in [-0.1, -0.05) is 112 Å². The number of rotatable bonds is 2. The van der Waals surface area contributed by atoms with Gasteiger partial charge in [0, 0.05) is 84.7 Å². The van der Waals surface area contributed by atoms with Crippen LogP contribution in [0.3, 0.4) is 0 Å². The lowest BCUT2D eigenvalue weighted by Crippen LogP contribution is -2.60. The van der Waals surface area contributed by atoms with Crippen molar-refractivity contribution in [2.24, 2.45) is 0 Å². The summed E-state index contributed by atoms with van der Waals surface area (Å²) in [6.07, 6.45) is 1.95. The third-order valence-electron chi connectivity index (χ3n) is 13.4. The molecule has 282 valence electrons. The van der Waals surface area contributed by atoms with Crippen molar-refractivity contribution in [2.75, 3.05) is 4.81 Å². The zero-order valence-corrected chi connectivity index (χ0v) is 34.8. The summed E-state index contributed by atoms with van der Waals surface area (Å²) in [6, 6.07) is 57.3. The lowest BCUT2D eigenvalue weighted by Gasteiger charge is -2.42. The Morgan fingerprint density at radius 3 is 1.97 bits per heavy atom. The van der Waals surface area contributed by atoms with Crippen LogP contribution in [0.4, 0.5) is 11.4 Å². The van der Waals surface area contributed by atoms with E-state index in [2.05, 4.69) is 182 Å². The van der Waals surface area contributed by atoms with E-state index in [9.17, 15) is 0 Å². The van der Waals surface area contributed by atoms with Crippen LogP contribution in [0.15, 0.2) is 162 Å². The van der Waals surface area contributed by atoms with Gasteiger partial charge in [0.15, 0.2) is 0 Å². The number of benzene rings is 8. The molecule has 6 heteroatoms. The monoisotopic (exact) mass is 802 g/mol. The molecule has 0 unspecified atom stereocenters. The van der Waals surface area contributed by atoms with Crippen molar-refractivity contribution in [3.05, 3.63) is 163 Å². The molecule has 0 N–H and O–H groups in total. The van der Waals surface area contributed by atoms with E-state index in [0.29, 0.717) is 0 Å². The number of hydrogen-bond donors (Lipinski definition) is 0. The molecule has 0 spiro atoms. The second-order valence-corrected chi connectivity index (χ2v) is 19.8. The summed E-state index contributed by atoms with van der Waals surface area (Å²) in [7, 11) is 0. The molecule has 0 fully saturated rings. The number of anilines is 2. The molecule has 0 atom stereocenters. The van der Waals surface area contributed by atoms with E-state index in [1.807, 2.05) is 28.9 Å². The van der Waals surface area contributed by atoms with Gasteiger partial charge < -0.3 is 13.8 Å². The third kappa shape index (κ3) is 4.34. The number of furan rings is 1. The molecule has 2 aliphatic rings. The summed E-state index contributed by atoms with van der Waals surface area (Å²) >= 11 is 3.78. The van der Waals surface area contributed by atoms with Crippen LogP contribution in [0.5, 0.6) is 0 Å². The fourth-order valence-electron chi connectivity index (χ4n) is 10.6. The third-order valence-corrected chi connectivity index (χ3v) is 15.7. The fraction of sp³-hybridized carbons (Fsp3) is 0.0741. The minimum absolute atomic E-state index is 0.0408. The Balaban J connectivity index is 1.15. The second-order valence-electron chi connectivity index (χ2n) is 17.7. The predicted octanol–water partition coefficient (Wildman–Crippen LogP) is 14.5. The molecule has 6 heterocycles. The summed E-state index contributed by atoms with van der Waals surface area (Å²) < 4.78 is 14.4. The summed E-state index contributed by atoms with van der Waals surface area (Å²) in [5, 5.41) is 8.99. The van der Waals surface area contributed by atoms with Crippen molar-refractivity contribution in [3.63, 3.8) is 0 Å². The molecule has 0 aliphatic carbocycles. The van der Waals surface area contributed by atoms with E-state index >= 15 is 0 Å². The van der Waals surface area contributed by atoms with Crippen LogP contribution in [-0.4, -0.2) is 11.4 Å². The van der Waals surface area contributed by atoms with E-state index in [-0.39, 0.29) is 12.3 Å². The van der Waals surface area contributed by atoms with Gasteiger partial charge >= 0.3 is 6.85 Å². The van der Waals surface area contributed by atoms with Gasteiger partial charge in [-0.05, 0) is 93.7 Å². The van der Waals surface area contributed by atoms with E-state index < -0.39 is 0 Å². The largest absolute Gasteiger partial charge is 0.464 e. The van der Waals surface area contributed by atoms with Gasteiger partial charge in [0.2, 0.25) is 0 Å². The standard InChI is InChI=1S/C54H35BN2OS2/c1-54(2,3)31-17-19-32(20-18-31)57-45-28-51-40(33-13-7-10-16-49(33)60-51)23-37(45)35-21-22-36-38-24-41-34-14-8-9-15-48(34)59-50(41)27-44(38)56-46-25-39-42(30-11-5-4-6-12-30)29-58-47(39)26-43(46)55(57)52(35)53(36)56/h4-29H,1-3H3. The predicted molar refractivity (Wildman–Crippen MR) is 260 cm³/mol. The number of aromatic nitrogens is 1. The molecule has 0 amide bonds. The second kappa shape index (κ2) is 11.6. The highest BCUT2D eigenvalue weighted by Gasteiger charge is 2.44. The summed E-state index contributed by atoms with van der Waals surface area (Å²) in [4.78, 5) is 2.65. The Bertz CT molecular complexity index is 3820. The Hall–Kier alpha value is -6.60. The fourth-order valence-corrected chi connectivity index (χ4v) is 12.8. The first-order valence-electron chi connectivity index (χ1n) is 20.8. The topological polar surface area (TPSA) is 21.3 Å². The normalized spacial score (nSPS) is 13.5. The molecule has 4 aromatic heterocycles. The van der Waals surface area contributed by atoms with Crippen molar-refractivity contribution in [1.29, 1.82) is 0 Å². The van der Waals surface area contributed by atoms with Crippen molar-refractivity contribution in [3.8, 4) is 27.9 Å². The van der Waals surface area contributed by atoms with Crippen LogP contribution >= 0.6 is 22.7 Å². The van der Waals surface area contributed by atoms with Gasteiger partial charge in [0.25, 0.3) is 0 Å². The molecule has 12 aromatic rings. The molecule has 0 saturated carbocycles. The molecule has 0 saturated heterocycles. The van der Waals surface area contributed by atoms with Crippen LogP contribution in [0.1, 0.15) is 26.3 Å². The van der Waals surface area contributed by atoms with E-state index in [1.165, 1.54) is 107 Å². The van der Waals surface area contributed by atoms with Gasteiger partial charge in [-0.15, -0.1) is 22.7 Å². The van der Waals surface area contributed by atoms with Gasteiger partial charge in [-0.2, -0.15) is 0 Å². The maximum Gasteiger partial charge on any atom is 0.333 e. The van der Waals surface area contributed by atoms with Gasteiger partial charge in [-0.25, -0.2) is 0 Å². The zero-order valence-electron chi connectivity index (χ0n) is 33.2. The molecular formula is C54H35BN2OS2. The van der Waals surface area contributed by atoms with Crippen molar-refractivity contribution >= 4 is 125 Å². The van der Waals surface area contributed by atoms with Crippen LogP contribution in [-0.2, 0) is 5.41 Å². The maximum atomic E-state index is 6.56. The molecule has 8 aromatic carbocycles. The van der Waals surface area contributed by atoms with E-state index in [4.69, 9.17) is 4.42 Å². The van der Waals surface area contributed by atoms with Crippen molar-refractivity contribution < 1.29 is 4.42 Å². The highest BCUT2D eigenvalue weighted by Crippen LogP contribution is 2.50. The average molecular weight is 803 g/mol. The number of hydrogen-bond acceptors (Lipinski definition) is 4. The molecule has 3 nitrogen and oxygen atoms in total. The summed E-state index contributed by atoms with van der Waals surface area (Å²) in [5.41, 5.74) is 15.9. The Morgan fingerprint density at radius 2 is 1.22 bits per heavy atom. The molecule has 2 aliphatic heterocycles. The van der Waals surface area contributed by atoms with Crippen molar-refractivity contribution in [1.82, 2.24) is 4.57 Å². The van der Waals surface area contributed by atoms with E-state index in [1.54, 1.807) is 0 Å². The first kappa shape index (κ1) is 33.3. The summed E-state index contributed by atoms with van der Waals surface area (Å²) in [6.45, 7) is 6.78. The van der Waals surface area contributed by atoms with Crippen LogP contribution in [0.25, 0.3) is 101 Å². The molecule has 60 heavy (non-hydrogen) atoms. The number of thiophene rings is 2. The highest BCUT2D eigenvalue weighted by atomic mass is 32.1. The number of nitrogens with zero attached hydrogens (tertiary/aromatic N) is 2. The minimum Gasteiger partial charge on any atom is -0.464 e. The highest BCUT2D eigenvalue weighted by molar-refractivity contribution is 7.26. The minimum atomic E-state index is -0.105. The van der Waals surface area contributed by atoms with E-state index in [0.717, 1.165) is 22.1 Å². The Kier molecular flexibility index (Phi) is 6.41. The van der Waals surface area contributed by atoms with Gasteiger partial charge in [0.1, 0.15) is 5.58 Å². The van der Waals surface area contributed by atoms with Gasteiger partial charge in [-0.3, -0.25) is 0 Å². The lowest BCUT2D eigenvalue weighted by molar-refractivity contribution is 0.590.